The summed E-state index contributed by atoms with van der Waals surface area (Å²) in [6.07, 6.45) is -17.1. The molecule has 0 aliphatic heterocycles. The number of nitrogens with one attached hydrogen (secondary N) is 1. The summed E-state index contributed by atoms with van der Waals surface area (Å²) >= 11 is 0. The van der Waals surface area contributed by atoms with E-state index in [-0.39, 0.29) is 12.1 Å². The van der Waals surface area contributed by atoms with Gasteiger partial charge in [-0.1, -0.05) is 0 Å². The van der Waals surface area contributed by atoms with Gasteiger partial charge in [0.05, 0.1) is 11.1 Å². The Bertz CT molecular complexity index is 594. The molecule has 2 nitrogen and oxygen atoms in total. The van der Waals surface area contributed by atoms with E-state index < -0.39 is 53.2 Å². The highest BCUT2D eigenvalue weighted by Crippen LogP contribution is 2.39. The van der Waals surface area contributed by atoms with Crippen molar-refractivity contribution in [2.45, 2.75) is 24.5 Å². The minimum absolute atomic E-state index is 0.209. The molecule has 1 aromatic rings. The van der Waals surface area contributed by atoms with Gasteiger partial charge in [-0.05, 0) is 18.2 Å². The molecule has 1 aromatic carbocycles. The average molecular weight is 375 g/mol. The van der Waals surface area contributed by atoms with Crippen molar-refractivity contribution < 1.29 is 53.1 Å². The van der Waals surface area contributed by atoms with Gasteiger partial charge in [-0.3, -0.25) is 4.79 Å². The largest absolute Gasteiger partial charge is 0.463 e. The molecule has 136 valence electrons. The third-order valence-corrected chi connectivity index (χ3v) is 2.49. The second kappa shape index (κ2) is 5.77. The third-order valence-electron chi connectivity index (χ3n) is 2.49. The first kappa shape index (κ1) is 20.0. The van der Waals surface area contributed by atoms with Gasteiger partial charge in [0, 0.05) is 5.69 Å². The van der Waals surface area contributed by atoms with Crippen LogP contribution in [-0.4, -0.2) is 18.0 Å². The topological polar surface area (TPSA) is 29.1 Å². The van der Waals surface area contributed by atoms with Crippen molar-refractivity contribution in [2.75, 3.05) is 5.32 Å². The highest BCUT2D eigenvalue weighted by Gasteiger charge is 2.63. The Balaban J connectivity index is 3.32. The van der Waals surface area contributed by atoms with E-state index in [1.807, 2.05) is 0 Å². The molecule has 1 rings (SSSR count). The molecule has 0 atom stereocenters. The van der Waals surface area contributed by atoms with Gasteiger partial charge in [0.2, 0.25) is 0 Å². The van der Waals surface area contributed by atoms with Gasteiger partial charge in [0.15, 0.2) is 0 Å². The molecule has 0 saturated heterocycles. The van der Waals surface area contributed by atoms with Crippen molar-refractivity contribution in [1.29, 1.82) is 0 Å². The minimum Gasteiger partial charge on any atom is -0.321 e. The van der Waals surface area contributed by atoms with E-state index in [1.165, 1.54) is 0 Å². The van der Waals surface area contributed by atoms with Crippen molar-refractivity contribution >= 4 is 11.6 Å². The molecule has 0 aromatic heterocycles. The number of hydrogen-bond donors (Lipinski definition) is 1. The van der Waals surface area contributed by atoms with E-state index in [0.717, 1.165) is 0 Å². The lowest BCUT2D eigenvalue weighted by atomic mass is 10.1. The molecular weight excluding hydrogens is 371 g/mol. The van der Waals surface area contributed by atoms with E-state index in [1.54, 1.807) is 0 Å². The fourth-order valence-electron chi connectivity index (χ4n) is 1.37. The zero-order valence-corrected chi connectivity index (χ0v) is 10.8. The number of halogens is 11. The molecule has 0 bridgehead atoms. The molecule has 0 aliphatic rings. The van der Waals surface area contributed by atoms with Crippen LogP contribution in [0.3, 0.4) is 0 Å². The average Bonchev–Trinajstić information content (AvgIpc) is 2.34. The Kier molecular flexibility index (Phi) is 4.80. The van der Waals surface area contributed by atoms with Crippen molar-refractivity contribution in [3.05, 3.63) is 29.3 Å². The summed E-state index contributed by atoms with van der Waals surface area (Å²) in [7, 11) is 0. The predicted octanol–water partition coefficient (Wildman–Crippen LogP) is 4.86. The maximum atomic E-state index is 12.7. The summed E-state index contributed by atoms with van der Waals surface area (Å²) < 4.78 is 136. The Labute approximate surface area is 125 Å². The van der Waals surface area contributed by atoms with Crippen molar-refractivity contribution in [3.63, 3.8) is 0 Å². The predicted molar refractivity (Wildman–Crippen MR) is 56.1 cm³/mol. The first-order valence-electron chi connectivity index (χ1n) is 5.51. The number of anilines is 1. The van der Waals surface area contributed by atoms with Crippen LogP contribution in [0.1, 0.15) is 11.1 Å². The van der Waals surface area contributed by atoms with Crippen molar-refractivity contribution in [3.8, 4) is 0 Å². The Morgan fingerprint density at radius 2 is 1.08 bits per heavy atom. The molecule has 0 heterocycles. The van der Waals surface area contributed by atoms with Gasteiger partial charge in [0.25, 0.3) is 0 Å². The summed E-state index contributed by atoms with van der Waals surface area (Å²) in [6.45, 7) is 0. The molecule has 0 saturated carbocycles. The first-order valence-corrected chi connectivity index (χ1v) is 5.51. The summed E-state index contributed by atoms with van der Waals surface area (Å²) in [5.41, 5.74) is -5.52. The lowest BCUT2D eigenvalue weighted by Gasteiger charge is -2.20. The number of amides is 1. The molecule has 0 aliphatic carbocycles. The van der Waals surface area contributed by atoms with Crippen LogP contribution >= 0.6 is 0 Å². The minimum atomic E-state index is -6.38. The van der Waals surface area contributed by atoms with E-state index >= 15 is 0 Å². The Morgan fingerprint density at radius 3 is 1.38 bits per heavy atom. The molecule has 0 radical (unpaired) electrons. The number of benzene rings is 1. The fourth-order valence-corrected chi connectivity index (χ4v) is 1.37. The quantitative estimate of drug-likeness (QED) is 0.735. The van der Waals surface area contributed by atoms with E-state index in [2.05, 4.69) is 0 Å². The first-order chi connectivity index (χ1) is 10.5. The van der Waals surface area contributed by atoms with Gasteiger partial charge >= 0.3 is 30.4 Å². The van der Waals surface area contributed by atoms with E-state index in [4.69, 9.17) is 0 Å². The van der Waals surface area contributed by atoms with Gasteiger partial charge in [-0.2, -0.15) is 48.3 Å². The standard InChI is InChI=1S/C11H4F11NO/c12-8(13,11(20,21)22)7(24)23-6-2-4(9(14,15)16)1-5(3-6)10(17,18)19/h1-3H,(H,23,24). The summed E-state index contributed by atoms with van der Waals surface area (Å²) in [5.74, 6) is -9.14. The van der Waals surface area contributed by atoms with Gasteiger partial charge in [0.1, 0.15) is 0 Å². The monoisotopic (exact) mass is 375 g/mol. The highest BCUT2D eigenvalue weighted by molar-refractivity contribution is 5.96. The summed E-state index contributed by atoms with van der Waals surface area (Å²) in [4.78, 5) is 10.9. The second-order valence-corrected chi connectivity index (χ2v) is 4.32. The number of rotatable bonds is 2. The van der Waals surface area contributed by atoms with Gasteiger partial charge in [-0.25, -0.2) is 0 Å². The second-order valence-electron chi connectivity index (χ2n) is 4.32. The van der Waals surface area contributed by atoms with Crippen LogP contribution in [0.15, 0.2) is 18.2 Å². The Morgan fingerprint density at radius 1 is 0.708 bits per heavy atom. The molecule has 0 fully saturated rings. The molecule has 0 unspecified atom stereocenters. The van der Waals surface area contributed by atoms with Crippen LogP contribution in [-0.2, 0) is 17.1 Å². The summed E-state index contributed by atoms with van der Waals surface area (Å²) in [6, 6.07) is -0.809. The molecule has 13 heteroatoms. The molecule has 1 N–H and O–H groups in total. The maximum Gasteiger partial charge on any atom is 0.463 e. The van der Waals surface area contributed by atoms with Gasteiger partial charge < -0.3 is 5.32 Å². The van der Waals surface area contributed by atoms with Crippen LogP contribution in [0, 0.1) is 0 Å². The molecule has 24 heavy (non-hydrogen) atoms. The molecular formula is C11H4F11NO. The zero-order valence-electron chi connectivity index (χ0n) is 10.8. The lowest BCUT2D eigenvalue weighted by Crippen LogP contribution is -2.47. The van der Waals surface area contributed by atoms with Crippen LogP contribution in [0.5, 0.6) is 0 Å². The number of carbonyl (C=O) groups is 1. The zero-order chi connectivity index (χ0) is 19.1. The van der Waals surface area contributed by atoms with E-state index in [0.29, 0.717) is 5.32 Å². The van der Waals surface area contributed by atoms with Gasteiger partial charge in [-0.15, -0.1) is 0 Å². The van der Waals surface area contributed by atoms with Crippen LogP contribution in [0.2, 0.25) is 0 Å². The number of carbonyl (C=O) groups excluding carboxylic acids is 1. The van der Waals surface area contributed by atoms with Crippen LogP contribution < -0.4 is 5.32 Å². The molecule has 0 spiro atoms. The van der Waals surface area contributed by atoms with Crippen LogP contribution in [0.4, 0.5) is 54.0 Å². The highest BCUT2D eigenvalue weighted by atomic mass is 19.4. The van der Waals surface area contributed by atoms with Crippen molar-refractivity contribution in [2.24, 2.45) is 0 Å². The lowest BCUT2D eigenvalue weighted by molar-refractivity contribution is -0.267. The maximum absolute atomic E-state index is 12.7. The van der Waals surface area contributed by atoms with Crippen molar-refractivity contribution in [1.82, 2.24) is 0 Å². The third kappa shape index (κ3) is 4.26. The SMILES string of the molecule is O=C(Nc1cc(C(F)(F)F)cc(C(F)(F)F)c1)C(F)(F)C(F)(F)F. The number of hydrogen-bond acceptors (Lipinski definition) is 1. The normalized spacial score (nSPS) is 13.8. The van der Waals surface area contributed by atoms with Crippen LogP contribution in [0.25, 0.3) is 0 Å². The molecule has 1 amide bonds. The summed E-state index contributed by atoms with van der Waals surface area (Å²) in [5, 5.41) is 0.705. The van der Waals surface area contributed by atoms with E-state index in [9.17, 15) is 53.1 Å². The Hall–Kier alpha value is -2.08. The number of alkyl halides is 11. The fraction of sp³-hybridized carbons (Fsp3) is 0.364. The smallest absolute Gasteiger partial charge is 0.321 e.